The molecule has 1 unspecified atom stereocenters. The standard InChI is InChI=1S/C15H21ClN2O3/c1-11(2)13(17-15(20)21)14(19)18(9-8-16)10-12-6-4-3-5-7-12/h3-7,11,13,17H,8-10H2,1-2H3,(H,20,21). The van der Waals surface area contributed by atoms with Gasteiger partial charge in [0.2, 0.25) is 5.91 Å². The number of amides is 2. The zero-order valence-electron chi connectivity index (χ0n) is 12.3. The molecule has 0 aliphatic heterocycles. The van der Waals surface area contributed by atoms with Crippen molar-refractivity contribution in [2.75, 3.05) is 12.4 Å². The van der Waals surface area contributed by atoms with E-state index < -0.39 is 12.1 Å². The zero-order valence-corrected chi connectivity index (χ0v) is 13.0. The molecule has 0 saturated carbocycles. The number of carbonyl (C=O) groups excluding carboxylic acids is 1. The number of alkyl halides is 1. The zero-order chi connectivity index (χ0) is 15.8. The highest BCUT2D eigenvalue weighted by Gasteiger charge is 2.28. The molecule has 0 saturated heterocycles. The lowest BCUT2D eigenvalue weighted by Crippen LogP contribution is -2.51. The highest BCUT2D eigenvalue weighted by Crippen LogP contribution is 2.11. The molecular weight excluding hydrogens is 292 g/mol. The summed E-state index contributed by atoms with van der Waals surface area (Å²) in [7, 11) is 0. The average Bonchev–Trinajstić information content (AvgIpc) is 2.44. The normalized spacial score (nSPS) is 12.0. The molecule has 0 bridgehead atoms. The Morgan fingerprint density at radius 1 is 1.29 bits per heavy atom. The van der Waals surface area contributed by atoms with Crippen LogP contribution in [0.1, 0.15) is 19.4 Å². The lowest BCUT2D eigenvalue weighted by atomic mass is 10.0. The fourth-order valence-electron chi connectivity index (χ4n) is 2.02. The van der Waals surface area contributed by atoms with Crippen LogP contribution >= 0.6 is 11.6 Å². The van der Waals surface area contributed by atoms with Gasteiger partial charge in [-0.15, -0.1) is 11.6 Å². The van der Waals surface area contributed by atoms with E-state index in [4.69, 9.17) is 16.7 Å². The minimum atomic E-state index is -1.20. The molecule has 1 aromatic rings. The van der Waals surface area contributed by atoms with Crippen LogP contribution < -0.4 is 5.32 Å². The van der Waals surface area contributed by atoms with Gasteiger partial charge in [0.05, 0.1) is 0 Å². The van der Waals surface area contributed by atoms with Crippen molar-refractivity contribution in [1.29, 1.82) is 0 Å². The number of rotatable bonds is 7. The minimum Gasteiger partial charge on any atom is -0.465 e. The van der Waals surface area contributed by atoms with Crippen molar-refractivity contribution in [1.82, 2.24) is 10.2 Å². The molecule has 2 amide bonds. The van der Waals surface area contributed by atoms with Gasteiger partial charge in [-0.25, -0.2) is 4.79 Å². The van der Waals surface area contributed by atoms with Crippen molar-refractivity contribution in [2.24, 2.45) is 5.92 Å². The summed E-state index contributed by atoms with van der Waals surface area (Å²) in [4.78, 5) is 25.0. The third-order valence-corrected chi connectivity index (χ3v) is 3.26. The summed E-state index contributed by atoms with van der Waals surface area (Å²) in [5, 5.41) is 11.2. The van der Waals surface area contributed by atoms with E-state index in [9.17, 15) is 9.59 Å². The number of carbonyl (C=O) groups is 2. The van der Waals surface area contributed by atoms with E-state index in [2.05, 4.69) is 5.32 Å². The van der Waals surface area contributed by atoms with Gasteiger partial charge in [-0.05, 0) is 11.5 Å². The van der Waals surface area contributed by atoms with E-state index >= 15 is 0 Å². The first-order chi connectivity index (χ1) is 9.95. The molecule has 0 aromatic heterocycles. The summed E-state index contributed by atoms with van der Waals surface area (Å²) in [5.74, 6) is -0.0877. The molecule has 0 radical (unpaired) electrons. The maximum atomic E-state index is 12.6. The predicted molar refractivity (Wildman–Crippen MR) is 82.4 cm³/mol. The van der Waals surface area contributed by atoms with E-state index in [0.29, 0.717) is 19.0 Å². The van der Waals surface area contributed by atoms with E-state index in [1.807, 2.05) is 30.3 Å². The number of nitrogens with zero attached hydrogens (tertiary/aromatic N) is 1. The fourth-order valence-corrected chi connectivity index (χ4v) is 2.22. The summed E-state index contributed by atoms with van der Waals surface area (Å²) in [6, 6.07) is 8.77. The number of nitrogens with one attached hydrogen (secondary N) is 1. The molecule has 1 aromatic carbocycles. The van der Waals surface area contributed by atoms with Gasteiger partial charge in [0, 0.05) is 19.0 Å². The van der Waals surface area contributed by atoms with E-state index in [0.717, 1.165) is 5.56 Å². The van der Waals surface area contributed by atoms with Crippen molar-refractivity contribution in [3.63, 3.8) is 0 Å². The summed E-state index contributed by atoms with van der Waals surface area (Å²) in [6.45, 7) is 4.40. The molecule has 21 heavy (non-hydrogen) atoms. The Bertz CT molecular complexity index is 465. The minimum absolute atomic E-state index is 0.137. The molecule has 0 fully saturated rings. The maximum Gasteiger partial charge on any atom is 0.405 e. The quantitative estimate of drug-likeness (QED) is 0.760. The second-order valence-electron chi connectivity index (χ2n) is 5.11. The van der Waals surface area contributed by atoms with E-state index in [1.165, 1.54) is 0 Å². The molecule has 0 spiro atoms. The van der Waals surface area contributed by atoms with Crippen molar-refractivity contribution in [3.05, 3.63) is 35.9 Å². The Balaban J connectivity index is 2.86. The van der Waals surface area contributed by atoms with Gasteiger partial charge in [-0.2, -0.15) is 0 Å². The first-order valence-corrected chi connectivity index (χ1v) is 7.37. The van der Waals surface area contributed by atoms with Crippen LogP contribution in [0.2, 0.25) is 0 Å². The number of halogens is 1. The maximum absolute atomic E-state index is 12.6. The lowest BCUT2D eigenvalue weighted by Gasteiger charge is -2.28. The van der Waals surface area contributed by atoms with Gasteiger partial charge in [0.25, 0.3) is 0 Å². The third kappa shape index (κ3) is 5.63. The van der Waals surface area contributed by atoms with Gasteiger partial charge in [0.15, 0.2) is 0 Å². The molecule has 0 aliphatic rings. The van der Waals surface area contributed by atoms with Crippen LogP contribution in [0.4, 0.5) is 4.79 Å². The summed E-state index contributed by atoms with van der Waals surface area (Å²) >= 11 is 5.77. The highest BCUT2D eigenvalue weighted by atomic mass is 35.5. The summed E-state index contributed by atoms with van der Waals surface area (Å²) in [5.41, 5.74) is 0.980. The average molecular weight is 313 g/mol. The largest absolute Gasteiger partial charge is 0.465 e. The van der Waals surface area contributed by atoms with Crippen LogP contribution in [-0.2, 0) is 11.3 Å². The first-order valence-electron chi connectivity index (χ1n) is 6.83. The third-order valence-electron chi connectivity index (χ3n) is 3.09. The van der Waals surface area contributed by atoms with Crippen molar-refractivity contribution < 1.29 is 14.7 Å². The Kier molecular flexibility index (Phi) is 7.02. The molecule has 116 valence electrons. The molecular formula is C15H21ClN2O3. The van der Waals surface area contributed by atoms with Gasteiger partial charge < -0.3 is 15.3 Å². The van der Waals surface area contributed by atoms with Crippen LogP contribution in [0.15, 0.2) is 30.3 Å². The van der Waals surface area contributed by atoms with Crippen LogP contribution in [0.3, 0.4) is 0 Å². The molecule has 2 N–H and O–H groups in total. The van der Waals surface area contributed by atoms with Crippen LogP contribution in [0, 0.1) is 5.92 Å². The van der Waals surface area contributed by atoms with Gasteiger partial charge in [0.1, 0.15) is 6.04 Å². The van der Waals surface area contributed by atoms with Crippen LogP contribution in [-0.4, -0.2) is 40.5 Å². The smallest absolute Gasteiger partial charge is 0.405 e. The molecule has 1 atom stereocenters. The van der Waals surface area contributed by atoms with Crippen LogP contribution in [0.5, 0.6) is 0 Å². The first kappa shape index (κ1) is 17.3. The Morgan fingerprint density at radius 3 is 2.38 bits per heavy atom. The topological polar surface area (TPSA) is 69.6 Å². The molecule has 0 heterocycles. The number of hydrogen-bond donors (Lipinski definition) is 2. The second-order valence-corrected chi connectivity index (χ2v) is 5.48. The fraction of sp³-hybridized carbons (Fsp3) is 0.467. The summed E-state index contributed by atoms with van der Waals surface area (Å²) in [6.07, 6.45) is -1.20. The van der Waals surface area contributed by atoms with Gasteiger partial charge in [-0.1, -0.05) is 44.2 Å². The van der Waals surface area contributed by atoms with Crippen molar-refractivity contribution in [2.45, 2.75) is 26.4 Å². The van der Waals surface area contributed by atoms with E-state index in [-0.39, 0.29) is 11.8 Å². The Hall–Kier alpha value is -1.75. The number of carboxylic acid groups (broad SMARTS) is 1. The monoisotopic (exact) mass is 312 g/mol. The van der Waals surface area contributed by atoms with Crippen molar-refractivity contribution in [3.8, 4) is 0 Å². The predicted octanol–water partition coefficient (Wildman–Crippen LogP) is 2.55. The lowest BCUT2D eigenvalue weighted by molar-refractivity contribution is -0.134. The van der Waals surface area contributed by atoms with E-state index in [1.54, 1.807) is 18.7 Å². The molecule has 0 aliphatic carbocycles. The van der Waals surface area contributed by atoms with Gasteiger partial charge in [-0.3, -0.25) is 4.79 Å². The van der Waals surface area contributed by atoms with Gasteiger partial charge >= 0.3 is 6.09 Å². The number of benzene rings is 1. The summed E-state index contributed by atoms with van der Waals surface area (Å²) < 4.78 is 0. The SMILES string of the molecule is CC(C)C(NC(=O)O)C(=O)N(CCCl)Cc1ccccc1. The Morgan fingerprint density at radius 2 is 1.90 bits per heavy atom. The van der Waals surface area contributed by atoms with Crippen molar-refractivity contribution >= 4 is 23.6 Å². The Labute approximate surface area is 129 Å². The molecule has 6 heteroatoms. The molecule has 5 nitrogen and oxygen atoms in total. The number of hydrogen-bond acceptors (Lipinski definition) is 2. The molecule has 1 rings (SSSR count). The second kappa shape index (κ2) is 8.52. The van der Waals surface area contributed by atoms with Crippen LogP contribution in [0.25, 0.3) is 0 Å². The highest BCUT2D eigenvalue weighted by molar-refractivity contribution is 6.18.